The van der Waals surface area contributed by atoms with E-state index in [1.165, 1.54) is 77.2 Å². The summed E-state index contributed by atoms with van der Waals surface area (Å²) in [5, 5.41) is 5.04. The third-order valence-electron chi connectivity index (χ3n) is 8.63. The van der Waals surface area contributed by atoms with Gasteiger partial charge in [-0.05, 0) is 101 Å². The maximum atomic E-state index is 2.39. The minimum absolute atomic E-state index is 1.22. The van der Waals surface area contributed by atoms with E-state index in [9.17, 15) is 0 Å². The fraction of sp³-hybridized carbons (Fsp3) is 0. The molecule has 0 radical (unpaired) electrons. The Morgan fingerprint density at radius 2 is 0.545 bits per heavy atom. The number of benzene rings is 8. The van der Waals surface area contributed by atoms with Crippen molar-refractivity contribution in [2.45, 2.75) is 0 Å². The summed E-state index contributed by atoms with van der Waals surface area (Å²) in [4.78, 5) is 0. The highest BCUT2D eigenvalue weighted by Gasteiger charge is 2.18. The molecule has 0 fully saturated rings. The lowest BCUT2D eigenvalue weighted by Crippen LogP contribution is -1.93. The van der Waals surface area contributed by atoms with Gasteiger partial charge in [-0.3, -0.25) is 0 Å². The molecule has 0 atom stereocenters. The number of hydrogen-bond acceptors (Lipinski definition) is 0. The van der Waals surface area contributed by atoms with Crippen molar-refractivity contribution >= 4 is 21.5 Å². The van der Waals surface area contributed by atoms with Crippen LogP contribution in [0, 0.1) is 0 Å². The molecule has 8 aromatic rings. The fourth-order valence-electron chi connectivity index (χ4n) is 6.58. The largest absolute Gasteiger partial charge is 0.0622 e. The summed E-state index contributed by atoms with van der Waals surface area (Å²) >= 11 is 0. The van der Waals surface area contributed by atoms with Crippen LogP contribution in [0.2, 0.25) is 0 Å². The smallest absolute Gasteiger partial charge is 0.00259 e. The van der Waals surface area contributed by atoms with Crippen molar-refractivity contribution < 1.29 is 0 Å². The normalized spacial score (nSPS) is 11.2. The van der Waals surface area contributed by atoms with E-state index >= 15 is 0 Å². The highest BCUT2D eigenvalue weighted by molar-refractivity contribution is 6.22. The third-order valence-corrected chi connectivity index (χ3v) is 8.63. The molecule has 8 aromatic carbocycles. The summed E-state index contributed by atoms with van der Waals surface area (Å²) in [5.41, 5.74) is 12.3. The van der Waals surface area contributed by atoms with Gasteiger partial charge in [0.25, 0.3) is 0 Å². The molecule has 44 heavy (non-hydrogen) atoms. The molecule has 0 saturated heterocycles. The van der Waals surface area contributed by atoms with E-state index in [1.54, 1.807) is 0 Å². The zero-order valence-electron chi connectivity index (χ0n) is 24.3. The molecule has 0 N–H and O–H groups in total. The van der Waals surface area contributed by atoms with Gasteiger partial charge in [0, 0.05) is 0 Å². The van der Waals surface area contributed by atoms with Gasteiger partial charge in [0.2, 0.25) is 0 Å². The lowest BCUT2D eigenvalue weighted by atomic mass is 9.83. The van der Waals surface area contributed by atoms with Crippen LogP contribution in [0.1, 0.15) is 0 Å². The standard InChI is InChI=1S/C44H30/c1-5-15-31(16-6-1)35-25-26-41-42(30-35)43(34-21-11-4-12-22-34)39-23-13-14-24-40(39)44(41)38-28-36(32-17-7-2-8-18-32)27-37(29-38)33-19-9-3-10-20-33/h1-30H. The van der Waals surface area contributed by atoms with Gasteiger partial charge < -0.3 is 0 Å². The van der Waals surface area contributed by atoms with E-state index in [-0.39, 0.29) is 0 Å². The second-order valence-corrected chi connectivity index (χ2v) is 11.3. The van der Waals surface area contributed by atoms with Crippen LogP contribution in [0.4, 0.5) is 0 Å². The van der Waals surface area contributed by atoms with E-state index in [4.69, 9.17) is 0 Å². The van der Waals surface area contributed by atoms with Crippen molar-refractivity contribution in [1.29, 1.82) is 0 Å². The molecule has 0 aliphatic rings. The Morgan fingerprint density at radius 1 is 0.182 bits per heavy atom. The summed E-state index contributed by atoms with van der Waals surface area (Å²) in [6.45, 7) is 0. The molecule has 0 spiro atoms. The first kappa shape index (κ1) is 25.9. The number of hydrogen-bond donors (Lipinski definition) is 0. The molecule has 0 unspecified atom stereocenters. The third kappa shape index (κ3) is 4.68. The first-order chi connectivity index (χ1) is 21.8. The van der Waals surface area contributed by atoms with Crippen molar-refractivity contribution in [2.75, 3.05) is 0 Å². The average molecular weight is 559 g/mol. The highest BCUT2D eigenvalue weighted by atomic mass is 14.2. The summed E-state index contributed by atoms with van der Waals surface area (Å²) < 4.78 is 0. The van der Waals surface area contributed by atoms with Crippen molar-refractivity contribution in [2.24, 2.45) is 0 Å². The van der Waals surface area contributed by atoms with Crippen molar-refractivity contribution in [3.63, 3.8) is 0 Å². The molecule has 0 saturated carbocycles. The predicted octanol–water partition coefficient (Wildman–Crippen LogP) is 12.3. The second kappa shape index (κ2) is 11.2. The lowest BCUT2D eigenvalue weighted by Gasteiger charge is -2.20. The van der Waals surface area contributed by atoms with Crippen molar-refractivity contribution in [3.8, 4) is 55.6 Å². The molecule has 0 amide bonds. The van der Waals surface area contributed by atoms with Crippen LogP contribution >= 0.6 is 0 Å². The first-order valence-electron chi connectivity index (χ1n) is 15.2. The molecule has 0 nitrogen and oxygen atoms in total. The Kier molecular flexibility index (Phi) is 6.59. The zero-order chi connectivity index (χ0) is 29.3. The molecule has 0 heteroatoms. The van der Waals surface area contributed by atoms with Crippen LogP contribution in [0.5, 0.6) is 0 Å². The van der Waals surface area contributed by atoms with Gasteiger partial charge in [0.05, 0.1) is 0 Å². The highest BCUT2D eigenvalue weighted by Crippen LogP contribution is 2.46. The summed E-state index contributed by atoms with van der Waals surface area (Å²) in [5.74, 6) is 0. The molecule has 8 rings (SSSR count). The maximum Gasteiger partial charge on any atom is -0.00259 e. The molecule has 0 aromatic heterocycles. The van der Waals surface area contributed by atoms with E-state index in [1.807, 2.05) is 0 Å². The Morgan fingerprint density at radius 3 is 1.05 bits per heavy atom. The van der Waals surface area contributed by atoms with Crippen LogP contribution in [0.25, 0.3) is 77.2 Å². The van der Waals surface area contributed by atoms with Gasteiger partial charge in [-0.1, -0.05) is 158 Å². The molecule has 206 valence electrons. The molecule has 0 aliphatic carbocycles. The lowest BCUT2D eigenvalue weighted by molar-refractivity contribution is 1.58. The van der Waals surface area contributed by atoms with Gasteiger partial charge in [-0.2, -0.15) is 0 Å². The Balaban J connectivity index is 1.50. The van der Waals surface area contributed by atoms with Crippen molar-refractivity contribution in [1.82, 2.24) is 0 Å². The Bertz CT molecular complexity index is 2170. The minimum atomic E-state index is 1.22. The quantitative estimate of drug-likeness (QED) is 0.184. The topological polar surface area (TPSA) is 0 Å². The molecule has 0 heterocycles. The summed E-state index contributed by atoms with van der Waals surface area (Å²) in [7, 11) is 0. The van der Waals surface area contributed by atoms with Gasteiger partial charge in [-0.15, -0.1) is 0 Å². The van der Waals surface area contributed by atoms with Crippen LogP contribution in [0.15, 0.2) is 182 Å². The monoisotopic (exact) mass is 558 g/mol. The second-order valence-electron chi connectivity index (χ2n) is 11.3. The van der Waals surface area contributed by atoms with E-state index < -0.39 is 0 Å². The van der Waals surface area contributed by atoms with Gasteiger partial charge in [-0.25, -0.2) is 0 Å². The number of rotatable bonds is 5. The molecule has 0 bridgehead atoms. The molecule has 0 aliphatic heterocycles. The molecular weight excluding hydrogens is 528 g/mol. The average Bonchev–Trinajstić information content (AvgIpc) is 3.11. The van der Waals surface area contributed by atoms with E-state index in [0.29, 0.717) is 0 Å². The van der Waals surface area contributed by atoms with Gasteiger partial charge in [0.1, 0.15) is 0 Å². The molecular formula is C44H30. The Hall–Kier alpha value is -5.72. The van der Waals surface area contributed by atoms with Crippen LogP contribution in [0.3, 0.4) is 0 Å². The SMILES string of the molecule is c1ccc(-c2cc(-c3ccccc3)cc(-c3c4ccccc4c(-c4ccccc4)c4cc(-c5ccccc5)ccc34)c2)cc1. The summed E-state index contributed by atoms with van der Waals surface area (Å²) in [6.07, 6.45) is 0. The maximum absolute atomic E-state index is 2.39. The number of fused-ring (bicyclic) bond motifs is 2. The predicted molar refractivity (Wildman–Crippen MR) is 189 cm³/mol. The Labute approximate surface area is 258 Å². The first-order valence-corrected chi connectivity index (χ1v) is 15.2. The zero-order valence-corrected chi connectivity index (χ0v) is 24.3. The van der Waals surface area contributed by atoms with E-state index in [2.05, 4.69) is 182 Å². The van der Waals surface area contributed by atoms with Crippen LogP contribution < -0.4 is 0 Å². The summed E-state index contributed by atoms with van der Waals surface area (Å²) in [6, 6.07) is 66.0. The van der Waals surface area contributed by atoms with Gasteiger partial charge >= 0.3 is 0 Å². The van der Waals surface area contributed by atoms with Gasteiger partial charge in [0.15, 0.2) is 0 Å². The van der Waals surface area contributed by atoms with E-state index in [0.717, 1.165) is 0 Å². The van der Waals surface area contributed by atoms with Crippen LogP contribution in [-0.2, 0) is 0 Å². The van der Waals surface area contributed by atoms with Crippen molar-refractivity contribution in [3.05, 3.63) is 182 Å². The minimum Gasteiger partial charge on any atom is -0.0622 e. The fourth-order valence-corrected chi connectivity index (χ4v) is 6.58. The van der Waals surface area contributed by atoms with Crippen LogP contribution in [-0.4, -0.2) is 0 Å².